The van der Waals surface area contributed by atoms with Gasteiger partial charge in [-0.2, -0.15) is 5.10 Å². The number of piperazine rings is 1. The molecule has 2 amide bonds. The summed E-state index contributed by atoms with van der Waals surface area (Å²) in [5.74, 6) is -0.0824. The van der Waals surface area contributed by atoms with Crippen molar-refractivity contribution in [2.24, 2.45) is 7.05 Å². The van der Waals surface area contributed by atoms with Gasteiger partial charge in [0.15, 0.2) is 0 Å². The molecule has 1 N–H and O–H groups in total. The minimum absolute atomic E-state index is 0.0328. The van der Waals surface area contributed by atoms with E-state index in [1.165, 1.54) is 0 Å². The van der Waals surface area contributed by atoms with Gasteiger partial charge in [0.1, 0.15) is 5.54 Å². The van der Waals surface area contributed by atoms with Crippen LogP contribution in [0.5, 0.6) is 0 Å². The van der Waals surface area contributed by atoms with E-state index in [-0.39, 0.29) is 18.4 Å². The highest BCUT2D eigenvalue weighted by Gasteiger charge is 2.51. The third-order valence-electron chi connectivity index (χ3n) is 4.64. The third kappa shape index (κ3) is 2.12. The maximum absolute atomic E-state index is 12.4. The van der Waals surface area contributed by atoms with Gasteiger partial charge in [0.2, 0.25) is 11.8 Å². The number of carbonyl (C=O) groups excluding carboxylic acids is 2. The predicted octanol–water partition coefficient (Wildman–Crippen LogP) is 1.15. The van der Waals surface area contributed by atoms with Crippen molar-refractivity contribution in [3.63, 3.8) is 0 Å². The zero-order valence-corrected chi connectivity index (χ0v) is 13.0. The molecule has 2 fully saturated rings. The molecule has 1 spiro atoms. The van der Waals surface area contributed by atoms with Gasteiger partial charge in [-0.3, -0.25) is 14.3 Å². The van der Waals surface area contributed by atoms with Crippen LogP contribution >= 0.6 is 11.6 Å². The van der Waals surface area contributed by atoms with Gasteiger partial charge >= 0.3 is 0 Å². The van der Waals surface area contributed by atoms with E-state index in [4.69, 9.17) is 11.6 Å². The molecule has 0 radical (unpaired) electrons. The summed E-state index contributed by atoms with van der Waals surface area (Å²) in [5.41, 5.74) is 0.823. The van der Waals surface area contributed by atoms with E-state index in [1.807, 2.05) is 14.0 Å². The van der Waals surface area contributed by atoms with Gasteiger partial charge in [-0.25, -0.2) is 0 Å². The second-order valence-electron chi connectivity index (χ2n) is 5.87. The first kappa shape index (κ1) is 14.4. The number of amides is 2. The summed E-state index contributed by atoms with van der Waals surface area (Å²) in [5, 5.41) is 7.58. The van der Waals surface area contributed by atoms with Crippen LogP contribution in [-0.4, -0.2) is 38.6 Å². The number of nitrogens with one attached hydrogen (secondary N) is 1. The lowest BCUT2D eigenvalue weighted by molar-refractivity contribution is -0.154. The van der Waals surface area contributed by atoms with Crippen LogP contribution in [0.25, 0.3) is 0 Å². The Morgan fingerprint density at radius 1 is 1.33 bits per heavy atom. The van der Waals surface area contributed by atoms with Crippen molar-refractivity contribution in [1.29, 1.82) is 0 Å². The Morgan fingerprint density at radius 2 is 2.00 bits per heavy atom. The molecule has 7 heteroatoms. The summed E-state index contributed by atoms with van der Waals surface area (Å²) < 4.78 is 1.69. The number of carbonyl (C=O) groups is 2. The van der Waals surface area contributed by atoms with Crippen LogP contribution in [0.1, 0.15) is 37.1 Å². The summed E-state index contributed by atoms with van der Waals surface area (Å²) >= 11 is 6.29. The molecule has 0 unspecified atom stereocenters. The Hall–Kier alpha value is -1.56. The smallest absolute Gasteiger partial charge is 0.246 e. The molecule has 1 aromatic rings. The molecule has 1 aliphatic heterocycles. The maximum Gasteiger partial charge on any atom is 0.246 e. The molecule has 0 atom stereocenters. The first-order chi connectivity index (χ1) is 9.95. The van der Waals surface area contributed by atoms with Crippen molar-refractivity contribution >= 4 is 23.4 Å². The molecule has 0 aromatic carbocycles. The molecule has 0 bridgehead atoms. The highest BCUT2D eigenvalue weighted by atomic mass is 35.5. The number of nitrogens with zero attached hydrogens (tertiary/aromatic N) is 3. The van der Waals surface area contributed by atoms with Crippen LogP contribution in [0.3, 0.4) is 0 Å². The normalized spacial score (nSPS) is 21.2. The van der Waals surface area contributed by atoms with E-state index in [0.717, 1.165) is 37.1 Å². The van der Waals surface area contributed by atoms with Crippen molar-refractivity contribution in [2.75, 3.05) is 6.54 Å². The molecular formula is C14H19ClN4O2. The van der Waals surface area contributed by atoms with Gasteiger partial charge in [-0.15, -0.1) is 0 Å². The summed E-state index contributed by atoms with van der Waals surface area (Å²) in [6.45, 7) is 2.24. The zero-order valence-electron chi connectivity index (χ0n) is 12.3. The van der Waals surface area contributed by atoms with Gasteiger partial charge in [0.25, 0.3) is 0 Å². The highest BCUT2D eigenvalue weighted by Crippen LogP contribution is 2.38. The topological polar surface area (TPSA) is 67.2 Å². The molecule has 114 valence electrons. The molecule has 1 saturated carbocycles. The van der Waals surface area contributed by atoms with E-state index in [1.54, 1.807) is 9.58 Å². The largest absolute Gasteiger partial charge is 0.345 e. The fraction of sp³-hybridized carbons (Fsp3) is 0.643. The molecule has 3 rings (SSSR count). The second-order valence-corrected chi connectivity index (χ2v) is 6.25. The standard InChI is InChI=1S/C14H19ClN4O2/c1-9-12(15)10(18(2)17-9)8-19-11(20)7-16-13(21)14(19)5-3-4-6-14/h3-8H2,1-2H3,(H,16,21). The first-order valence-corrected chi connectivity index (χ1v) is 7.60. The van der Waals surface area contributed by atoms with Gasteiger partial charge in [-0.05, 0) is 19.8 Å². The molecule has 2 heterocycles. The van der Waals surface area contributed by atoms with Crippen LogP contribution in [0.15, 0.2) is 0 Å². The van der Waals surface area contributed by atoms with Crippen LogP contribution < -0.4 is 5.32 Å². The number of hydrogen-bond donors (Lipinski definition) is 1. The van der Waals surface area contributed by atoms with Crippen molar-refractivity contribution in [2.45, 2.75) is 44.7 Å². The lowest BCUT2D eigenvalue weighted by Crippen LogP contribution is -2.65. The Labute approximate surface area is 128 Å². The maximum atomic E-state index is 12.4. The number of rotatable bonds is 2. The molecule has 6 nitrogen and oxygen atoms in total. The summed E-state index contributed by atoms with van der Waals surface area (Å²) in [7, 11) is 1.81. The lowest BCUT2D eigenvalue weighted by atomic mass is 9.91. The van der Waals surface area contributed by atoms with Crippen LogP contribution in [0, 0.1) is 6.92 Å². The van der Waals surface area contributed by atoms with E-state index >= 15 is 0 Å². The zero-order chi connectivity index (χ0) is 15.2. The van der Waals surface area contributed by atoms with E-state index in [0.29, 0.717) is 11.6 Å². The van der Waals surface area contributed by atoms with Gasteiger partial charge in [0, 0.05) is 7.05 Å². The average molecular weight is 311 g/mol. The Kier molecular flexibility index (Phi) is 3.43. The molecule has 2 aliphatic rings. The van der Waals surface area contributed by atoms with Crippen molar-refractivity contribution in [1.82, 2.24) is 20.0 Å². The van der Waals surface area contributed by atoms with Crippen molar-refractivity contribution < 1.29 is 9.59 Å². The summed E-state index contributed by atoms with van der Waals surface area (Å²) in [4.78, 5) is 26.5. The average Bonchev–Trinajstić information content (AvgIpc) is 3.01. The van der Waals surface area contributed by atoms with Crippen molar-refractivity contribution in [3.05, 3.63) is 16.4 Å². The Balaban J connectivity index is 1.97. The third-order valence-corrected chi connectivity index (χ3v) is 5.13. The fourth-order valence-corrected chi connectivity index (χ4v) is 3.70. The monoisotopic (exact) mass is 310 g/mol. The Bertz CT molecular complexity index is 604. The fourth-order valence-electron chi connectivity index (χ4n) is 3.48. The molecule has 1 aromatic heterocycles. The quantitative estimate of drug-likeness (QED) is 0.891. The van der Waals surface area contributed by atoms with Crippen LogP contribution in [-0.2, 0) is 23.2 Å². The minimum atomic E-state index is -0.698. The van der Waals surface area contributed by atoms with Gasteiger partial charge in [-0.1, -0.05) is 24.4 Å². The number of halogens is 1. The molecule has 1 aliphatic carbocycles. The number of aromatic nitrogens is 2. The first-order valence-electron chi connectivity index (χ1n) is 7.22. The SMILES string of the molecule is Cc1nn(C)c(CN2C(=O)CNC(=O)C23CCCC3)c1Cl. The van der Waals surface area contributed by atoms with E-state index in [9.17, 15) is 9.59 Å². The van der Waals surface area contributed by atoms with Crippen molar-refractivity contribution in [3.8, 4) is 0 Å². The minimum Gasteiger partial charge on any atom is -0.345 e. The van der Waals surface area contributed by atoms with Crippen LogP contribution in [0.2, 0.25) is 5.02 Å². The van der Waals surface area contributed by atoms with E-state index < -0.39 is 5.54 Å². The van der Waals surface area contributed by atoms with Crippen LogP contribution in [0.4, 0.5) is 0 Å². The number of aryl methyl sites for hydroxylation is 2. The predicted molar refractivity (Wildman–Crippen MR) is 77.7 cm³/mol. The summed E-state index contributed by atoms with van der Waals surface area (Å²) in [6, 6.07) is 0. The highest BCUT2D eigenvalue weighted by molar-refractivity contribution is 6.31. The Morgan fingerprint density at radius 3 is 2.57 bits per heavy atom. The molecule has 21 heavy (non-hydrogen) atoms. The second kappa shape index (κ2) is 5.02. The number of hydrogen-bond acceptors (Lipinski definition) is 3. The van der Waals surface area contributed by atoms with Gasteiger partial charge < -0.3 is 10.2 Å². The van der Waals surface area contributed by atoms with Gasteiger partial charge in [0.05, 0.1) is 29.5 Å². The molecular weight excluding hydrogens is 292 g/mol. The van der Waals surface area contributed by atoms with E-state index in [2.05, 4.69) is 10.4 Å². The summed E-state index contributed by atoms with van der Waals surface area (Å²) in [6.07, 6.45) is 3.38. The lowest BCUT2D eigenvalue weighted by Gasteiger charge is -2.43. The molecule has 1 saturated heterocycles.